The standard InChI is InChI=1S/C22H22OS/c1-17(2)24-22-13-11-19(12-14-22)20-8-6-7-18(15-20)16-23-21-9-4-3-5-10-21/h3-15,17H,16H2,1-2H3. The van der Waals surface area contributed by atoms with Crippen LogP contribution in [0.5, 0.6) is 5.75 Å². The van der Waals surface area contributed by atoms with Gasteiger partial charge in [-0.25, -0.2) is 0 Å². The first-order valence-electron chi connectivity index (χ1n) is 8.24. The Morgan fingerprint density at radius 3 is 2.25 bits per heavy atom. The Morgan fingerprint density at radius 2 is 1.54 bits per heavy atom. The third kappa shape index (κ3) is 4.65. The van der Waals surface area contributed by atoms with Gasteiger partial charge in [0, 0.05) is 10.1 Å². The number of rotatable bonds is 6. The highest BCUT2D eigenvalue weighted by Gasteiger charge is 2.03. The molecule has 0 aliphatic heterocycles. The van der Waals surface area contributed by atoms with Crippen LogP contribution in [-0.4, -0.2) is 5.25 Å². The maximum atomic E-state index is 5.84. The molecule has 0 saturated heterocycles. The van der Waals surface area contributed by atoms with Gasteiger partial charge in [0.15, 0.2) is 0 Å². The van der Waals surface area contributed by atoms with E-state index in [0.29, 0.717) is 11.9 Å². The number of thioether (sulfide) groups is 1. The van der Waals surface area contributed by atoms with E-state index in [2.05, 4.69) is 62.4 Å². The quantitative estimate of drug-likeness (QED) is 0.480. The SMILES string of the molecule is CC(C)Sc1ccc(-c2cccc(COc3ccccc3)c2)cc1. The van der Waals surface area contributed by atoms with Crippen molar-refractivity contribution < 1.29 is 4.74 Å². The lowest BCUT2D eigenvalue weighted by molar-refractivity contribution is 0.306. The molecule has 3 aromatic rings. The van der Waals surface area contributed by atoms with Crippen LogP contribution in [-0.2, 0) is 6.61 Å². The molecule has 0 unspecified atom stereocenters. The van der Waals surface area contributed by atoms with Crippen LogP contribution in [0.2, 0.25) is 0 Å². The fourth-order valence-electron chi connectivity index (χ4n) is 2.52. The molecule has 2 heteroatoms. The van der Waals surface area contributed by atoms with Gasteiger partial charge in [0.05, 0.1) is 0 Å². The first-order valence-corrected chi connectivity index (χ1v) is 9.12. The highest BCUT2D eigenvalue weighted by atomic mass is 32.2. The van der Waals surface area contributed by atoms with Crippen molar-refractivity contribution in [3.63, 3.8) is 0 Å². The summed E-state index contributed by atoms with van der Waals surface area (Å²) in [4.78, 5) is 1.32. The van der Waals surface area contributed by atoms with Gasteiger partial charge in [-0.15, -0.1) is 11.8 Å². The molecule has 0 aliphatic rings. The second kappa shape index (κ2) is 8.07. The van der Waals surface area contributed by atoms with Crippen LogP contribution in [0.4, 0.5) is 0 Å². The molecule has 0 atom stereocenters. The summed E-state index contributed by atoms with van der Waals surface area (Å²) in [5.41, 5.74) is 3.65. The maximum Gasteiger partial charge on any atom is 0.119 e. The zero-order chi connectivity index (χ0) is 16.8. The van der Waals surface area contributed by atoms with Crippen molar-refractivity contribution in [2.24, 2.45) is 0 Å². The molecule has 0 heterocycles. The first-order chi connectivity index (χ1) is 11.7. The van der Waals surface area contributed by atoms with E-state index in [9.17, 15) is 0 Å². The lowest BCUT2D eigenvalue weighted by Gasteiger charge is -2.09. The minimum atomic E-state index is 0.582. The molecule has 0 aromatic heterocycles. The van der Waals surface area contributed by atoms with Crippen LogP contribution < -0.4 is 4.74 Å². The normalized spacial score (nSPS) is 10.8. The van der Waals surface area contributed by atoms with E-state index in [4.69, 9.17) is 4.74 Å². The number of benzene rings is 3. The summed E-state index contributed by atoms with van der Waals surface area (Å²) in [5.74, 6) is 0.901. The summed E-state index contributed by atoms with van der Waals surface area (Å²) in [7, 11) is 0. The lowest BCUT2D eigenvalue weighted by atomic mass is 10.0. The fraction of sp³-hybridized carbons (Fsp3) is 0.182. The largest absolute Gasteiger partial charge is 0.489 e. The van der Waals surface area contributed by atoms with Crippen LogP contribution in [0, 0.1) is 0 Å². The van der Waals surface area contributed by atoms with Crippen molar-refractivity contribution in [1.29, 1.82) is 0 Å². The van der Waals surface area contributed by atoms with Crippen molar-refractivity contribution in [2.75, 3.05) is 0 Å². The highest BCUT2D eigenvalue weighted by Crippen LogP contribution is 2.27. The third-order valence-electron chi connectivity index (χ3n) is 3.64. The minimum absolute atomic E-state index is 0.582. The molecule has 0 saturated carbocycles. The van der Waals surface area contributed by atoms with Gasteiger partial charge in [0.25, 0.3) is 0 Å². The zero-order valence-corrected chi connectivity index (χ0v) is 14.9. The number of para-hydroxylation sites is 1. The van der Waals surface area contributed by atoms with Crippen molar-refractivity contribution in [1.82, 2.24) is 0 Å². The van der Waals surface area contributed by atoms with Gasteiger partial charge in [-0.1, -0.05) is 62.4 Å². The summed E-state index contributed by atoms with van der Waals surface area (Å²) < 4.78 is 5.84. The van der Waals surface area contributed by atoms with Crippen molar-refractivity contribution in [2.45, 2.75) is 30.6 Å². The van der Waals surface area contributed by atoms with Gasteiger partial charge in [-0.05, 0) is 47.0 Å². The topological polar surface area (TPSA) is 9.23 Å². The van der Waals surface area contributed by atoms with Crippen molar-refractivity contribution in [3.8, 4) is 16.9 Å². The molecule has 0 aliphatic carbocycles. The van der Waals surface area contributed by atoms with Gasteiger partial charge in [-0.2, -0.15) is 0 Å². The number of hydrogen-bond donors (Lipinski definition) is 0. The molecule has 0 radical (unpaired) electrons. The van der Waals surface area contributed by atoms with Gasteiger partial charge in [0.1, 0.15) is 12.4 Å². The van der Waals surface area contributed by atoms with Crippen LogP contribution in [0.25, 0.3) is 11.1 Å². The summed E-state index contributed by atoms with van der Waals surface area (Å²) >= 11 is 1.89. The zero-order valence-electron chi connectivity index (χ0n) is 14.1. The predicted molar refractivity (Wildman–Crippen MR) is 104 cm³/mol. The lowest BCUT2D eigenvalue weighted by Crippen LogP contribution is -1.95. The van der Waals surface area contributed by atoms with E-state index < -0.39 is 0 Å². The highest BCUT2D eigenvalue weighted by molar-refractivity contribution is 7.99. The fourth-order valence-corrected chi connectivity index (χ4v) is 3.36. The molecule has 1 nitrogen and oxygen atoms in total. The minimum Gasteiger partial charge on any atom is -0.489 e. The predicted octanol–water partition coefficient (Wildman–Crippen LogP) is 6.43. The molecule has 3 rings (SSSR count). The van der Waals surface area contributed by atoms with Crippen LogP contribution >= 0.6 is 11.8 Å². The average Bonchev–Trinajstić information content (AvgIpc) is 2.61. The monoisotopic (exact) mass is 334 g/mol. The molecule has 0 fully saturated rings. The molecule has 0 spiro atoms. The van der Waals surface area contributed by atoms with Gasteiger partial charge < -0.3 is 4.74 Å². The molecule has 0 amide bonds. The van der Waals surface area contributed by atoms with E-state index in [1.165, 1.54) is 21.6 Å². The molecule has 0 N–H and O–H groups in total. The van der Waals surface area contributed by atoms with E-state index >= 15 is 0 Å². The Hall–Kier alpha value is -2.19. The molecule has 24 heavy (non-hydrogen) atoms. The third-order valence-corrected chi connectivity index (χ3v) is 4.65. The summed E-state index contributed by atoms with van der Waals surface area (Å²) in [6.07, 6.45) is 0. The second-order valence-corrected chi connectivity index (χ2v) is 7.64. The van der Waals surface area contributed by atoms with Gasteiger partial charge in [-0.3, -0.25) is 0 Å². The summed E-state index contributed by atoms with van der Waals surface area (Å²) in [5, 5.41) is 0.606. The summed E-state index contributed by atoms with van der Waals surface area (Å²) in [6, 6.07) is 27.3. The van der Waals surface area contributed by atoms with Crippen LogP contribution in [0.1, 0.15) is 19.4 Å². The first kappa shape index (κ1) is 16.7. The molecular formula is C22H22OS. The molecule has 122 valence electrons. The van der Waals surface area contributed by atoms with Crippen LogP contribution in [0.15, 0.2) is 83.8 Å². The van der Waals surface area contributed by atoms with Crippen molar-refractivity contribution >= 4 is 11.8 Å². The van der Waals surface area contributed by atoms with E-state index in [0.717, 1.165) is 5.75 Å². The van der Waals surface area contributed by atoms with E-state index in [-0.39, 0.29) is 0 Å². The molecule has 0 bridgehead atoms. The Kier molecular flexibility index (Phi) is 5.60. The Labute approximate surface area is 148 Å². The smallest absolute Gasteiger partial charge is 0.119 e. The van der Waals surface area contributed by atoms with E-state index in [1.54, 1.807) is 0 Å². The Morgan fingerprint density at radius 1 is 0.792 bits per heavy atom. The van der Waals surface area contributed by atoms with Crippen molar-refractivity contribution in [3.05, 3.63) is 84.4 Å². The number of ether oxygens (including phenoxy) is 1. The van der Waals surface area contributed by atoms with E-state index in [1.807, 2.05) is 42.1 Å². The van der Waals surface area contributed by atoms with Crippen LogP contribution in [0.3, 0.4) is 0 Å². The van der Waals surface area contributed by atoms with Gasteiger partial charge >= 0.3 is 0 Å². The summed E-state index contributed by atoms with van der Waals surface area (Å²) in [6.45, 7) is 5.02. The average molecular weight is 334 g/mol. The second-order valence-electron chi connectivity index (χ2n) is 5.99. The van der Waals surface area contributed by atoms with Gasteiger partial charge in [0.2, 0.25) is 0 Å². The maximum absolute atomic E-state index is 5.84. The Balaban J connectivity index is 1.70. The molecular weight excluding hydrogens is 312 g/mol. The molecule has 3 aromatic carbocycles. The Bertz CT molecular complexity index is 763. The number of hydrogen-bond acceptors (Lipinski definition) is 2.